The molecular weight excluding hydrogens is 531 g/mol. The lowest BCUT2D eigenvalue weighted by Crippen LogP contribution is -2.30. The molecule has 0 radical (unpaired) electrons. The molecule has 0 fully saturated rings. The van der Waals surface area contributed by atoms with E-state index in [9.17, 15) is 0 Å². The van der Waals surface area contributed by atoms with Crippen molar-refractivity contribution in [1.82, 2.24) is 9.36 Å². The van der Waals surface area contributed by atoms with Crippen LogP contribution in [0.4, 0.5) is 17.1 Å². The molecule has 0 spiro atoms. The Balaban J connectivity index is 1.18. The van der Waals surface area contributed by atoms with Crippen LogP contribution in [0, 0.1) is 0 Å². The van der Waals surface area contributed by atoms with Crippen molar-refractivity contribution in [3.63, 3.8) is 0 Å². The first-order valence-corrected chi connectivity index (χ1v) is 15.3. The first-order valence-electron chi connectivity index (χ1n) is 14.5. The maximum absolute atomic E-state index is 5.08. The Bertz CT molecular complexity index is 1950. The van der Waals surface area contributed by atoms with Crippen LogP contribution in [0.3, 0.4) is 0 Å². The number of rotatable bonds is 3. The van der Waals surface area contributed by atoms with Gasteiger partial charge < -0.3 is 4.90 Å². The Kier molecular flexibility index (Phi) is 5.38. The molecule has 5 aromatic carbocycles. The van der Waals surface area contributed by atoms with Crippen molar-refractivity contribution < 1.29 is 0 Å². The highest BCUT2D eigenvalue weighted by molar-refractivity contribution is 7.09. The molecule has 0 amide bonds. The van der Waals surface area contributed by atoms with Gasteiger partial charge in [0.15, 0.2) is 5.82 Å². The predicted molar refractivity (Wildman–Crippen MR) is 175 cm³/mol. The third-order valence-corrected chi connectivity index (χ3v) is 10.0. The first kappa shape index (κ1) is 25.2. The van der Waals surface area contributed by atoms with Gasteiger partial charge in [-0.05, 0) is 81.3 Å². The van der Waals surface area contributed by atoms with E-state index in [-0.39, 0.29) is 10.8 Å². The summed E-state index contributed by atoms with van der Waals surface area (Å²) >= 11 is 1.47. The second kappa shape index (κ2) is 8.98. The van der Waals surface area contributed by atoms with Gasteiger partial charge in [-0.15, -0.1) is 0 Å². The van der Waals surface area contributed by atoms with Crippen molar-refractivity contribution >= 4 is 28.6 Å². The molecule has 1 aliphatic heterocycles. The minimum absolute atomic E-state index is 0.0441. The Morgan fingerprint density at radius 2 is 1.10 bits per heavy atom. The second-order valence-electron chi connectivity index (χ2n) is 12.4. The molecule has 2 heterocycles. The highest BCUT2D eigenvalue weighted by atomic mass is 32.1. The van der Waals surface area contributed by atoms with E-state index in [2.05, 4.69) is 148 Å². The van der Waals surface area contributed by atoms with Gasteiger partial charge in [0.25, 0.3) is 0 Å². The van der Waals surface area contributed by atoms with Gasteiger partial charge in [0, 0.05) is 27.6 Å². The number of hydrogen-bond donors (Lipinski definition) is 0. The fourth-order valence-electron chi connectivity index (χ4n) is 7.09. The minimum Gasteiger partial charge on any atom is -0.310 e. The number of benzene rings is 5. The molecule has 0 atom stereocenters. The largest absolute Gasteiger partial charge is 0.310 e. The van der Waals surface area contributed by atoms with E-state index >= 15 is 0 Å². The van der Waals surface area contributed by atoms with Gasteiger partial charge in [0.2, 0.25) is 0 Å². The van der Waals surface area contributed by atoms with Gasteiger partial charge >= 0.3 is 0 Å². The second-order valence-corrected chi connectivity index (χ2v) is 13.1. The standard InChI is InChI=1S/C38H31N3S/c1-37(2)28-14-6-5-12-26(28)34-27(13-11-17-31(34)37)35-39-36(42-40-35)24-20-22-25(23-21-24)41-32-18-9-7-15-29(32)38(3,4)30-16-8-10-19-33(30)41/h5-23H,1-4H3. The molecule has 0 unspecified atom stereocenters. The summed E-state index contributed by atoms with van der Waals surface area (Å²) in [7, 11) is 0. The lowest BCUT2D eigenvalue weighted by Gasteiger charge is -2.42. The van der Waals surface area contributed by atoms with Crippen molar-refractivity contribution in [3.05, 3.63) is 138 Å². The van der Waals surface area contributed by atoms with E-state index in [4.69, 9.17) is 9.36 Å². The summed E-state index contributed by atoms with van der Waals surface area (Å²) in [6.07, 6.45) is 0. The molecule has 0 saturated heterocycles. The highest BCUT2D eigenvalue weighted by Crippen LogP contribution is 2.53. The number of nitrogens with zero attached hydrogens (tertiary/aromatic N) is 3. The smallest absolute Gasteiger partial charge is 0.174 e. The van der Waals surface area contributed by atoms with Crippen LogP contribution >= 0.6 is 11.5 Å². The van der Waals surface area contributed by atoms with E-state index < -0.39 is 0 Å². The molecule has 8 rings (SSSR count). The molecule has 204 valence electrons. The van der Waals surface area contributed by atoms with Crippen LogP contribution in [0.25, 0.3) is 33.1 Å². The van der Waals surface area contributed by atoms with Gasteiger partial charge in [-0.3, -0.25) is 0 Å². The molecule has 0 saturated carbocycles. The van der Waals surface area contributed by atoms with Crippen molar-refractivity contribution in [2.45, 2.75) is 38.5 Å². The average Bonchev–Trinajstić information content (AvgIpc) is 3.60. The van der Waals surface area contributed by atoms with Crippen LogP contribution < -0.4 is 4.90 Å². The summed E-state index contributed by atoms with van der Waals surface area (Å²) in [4.78, 5) is 7.46. The number of para-hydroxylation sites is 2. The van der Waals surface area contributed by atoms with Crippen LogP contribution in [-0.2, 0) is 10.8 Å². The van der Waals surface area contributed by atoms with Crippen molar-refractivity contribution in [1.29, 1.82) is 0 Å². The predicted octanol–water partition coefficient (Wildman–Crippen LogP) is 10.3. The molecule has 0 bridgehead atoms. The topological polar surface area (TPSA) is 29.0 Å². The van der Waals surface area contributed by atoms with Crippen LogP contribution in [-0.4, -0.2) is 9.36 Å². The molecule has 1 aromatic heterocycles. The summed E-state index contributed by atoms with van der Waals surface area (Å²) < 4.78 is 4.87. The third kappa shape index (κ3) is 3.51. The van der Waals surface area contributed by atoms with E-state index in [0.29, 0.717) is 0 Å². The minimum atomic E-state index is -0.0695. The monoisotopic (exact) mass is 561 g/mol. The normalized spacial score (nSPS) is 15.5. The lowest BCUT2D eigenvalue weighted by atomic mass is 9.73. The molecule has 4 heteroatoms. The number of hydrogen-bond acceptors (Lipinski definition) is 4. The fraction of sp³-hybridized carbons (Fsp3) is 0.158. The Morgan fingerprint density at radius 3 is 1.79 bits per heavy atom. The molecule has 2 aliphatic rings. The van der Waals surface area contributed by atoms with Crippen molar-refractivity contribution in [2.24, 2.45) is 0 Å². The van der Waals surface area contributed by atoms with Gasteiger partial charge in [-0.1, -0.05) is 107 Å². The van der Waals surface area contributed by atoms with E-state index in [1.165, 1.54) is 56.3 Å². The Labute approximate surface area is 251 Å². The summed E-state index contributed by atoms with van der Waals surface area (Å²) in [5.41, 5.74) is 13.6. The van der Waals surface area contributed by atoms with Gasteiger partial charge in [0.1, 0.15) is 5.01 Å². The summed E-state index contributed by atoms with van der Waals surface area (Å²) in [6.45, 7) is 9.26. The molecular formula is C38H31N3S. The maximum atomic E-state index is 5.08. The quantitative estimate of drug-likeness (QED) is 0.215. The fourth-order valence-corrected chi connectivity index (χ4v) is 7.77. The summed E-state index contributed by atoms with van der Waals surface area (Å²) in [5, 5.41) is 0.931. The number of fused-ring (bicyclic) bond motifs is 5. The van der Waals surface area contributed by atoms with Crippen LogP contribution in [0.5, 0.6) is 0 Å². The van der Waals surface area contributed by atoms with Crippen LogP contribution in [0.1, 0.15) is 49.9 Å². The van der Waals surface area contributed by atoms with Crippen LogP contribution in [0.15, 0.2) is 115 Å². The lowest BCUT2D eigenvalue weighted by molar-refractivity contribution is 0.632. The zero-order chi connectivity index (χ0) is 28.6. The summed E-state index contributed by atoms with van der Waals surface area (Å²) in [5.74, 6) is 0.796. The van der Waals surface area contributed by atoms with E-state index in [0.717, 1.165) is 27.6 Å². The highest BCUT2D eigenvalue weighted by Gasteiger charge is 2.38. The molecule has 3 nitrogen and oxygen atoms in total. The average molecular weight is 562 g/mol. The van der Waals surface area contributed by atoms with Crippen LogP contribution in [0.2, 0.25) is 0 Å². The first-order chi connectivity index (χ1) is 20.4. The van der Waals surface area contributed by atoms with Crippen molar-refractivity contribution in [2.75, 3.05) is 4.90 Å². The Hall–Kier alpha value is -4.54. The molecule has 42 heavy (non-hydrogen) atoms. The molecule has 0 N–H and O–H groups in total. The SMILES string of the molecule is CC1(C)c2ccccc2N(c2ccc(-c3nc(-c4cccc5c4-c4ccccc4C5(C)C)ns3)cc2)c2ccccc21. The third-order valence-electron chi connectivity index (χ3n) is 9.28. The van der Waals surface area contributed by atoms with Gasteiger partial charge in [-0.25, -0.2) is 4.98 Å². The van der Waals surface area contributed by atoms with Gasteiger partial charge in [-0.2, -0.15) is 4.37 Å². The maximum Gasteiger partial charge on any atom is 0.174 e. The molecule has 6 aromatic rings. The van der Waals surface area contributed by atoms with Gasteiger partial charge in [0.05, 0.1) is 11.4 Å². The van der Waals surface area contributed by atoms with E-state index in [1.807, 2.05) is 0 Å². The zero-order valence-electron chi connectivity index (χ0n) is 24.2. The molecule has 1 aliphatic carbocycles. The number of aromatic nitrogens is 2. The van der Waals surface area contributed by atoms with E-state index in [1.54, 1.807) is 0 Å². The number of anilines is 3. The zero-order valence-corrected chi connectivity index (χ0v) is 25.0. The van der Waals surface area contributed by atoms with Crippen molar-refractivity contribution in [3.8, 4) is 33.1 Å². The summed E-state index contributed by atoms with van der Waals surface area (Å²) in [6, 6.07) is 41.6. The Morgan fingerprint density at radius 1 is 0.548 bits per heavy atom.